The number of amides is 1. The van der Waals surface area contributed by atoms with Crippen molar-refractivity contribution in [1.29, 1.82) is 0 Å². The first kappa shape index (κ1) is 18.5. The summed E-state index contributed by atoms with van der Waals surface area (Å²) < 4.78 is 15.1. The van der Waals surface area contributed by atoms with Gasteiger partial charge in [0.1, 0.15) is 18.0 Å². The van der Waals surface area contributed by atoms with Crippen molar-refractivity contribution in [3.63, 3.8) is 0 Å². The lowest BCUT2D eigenvalue weighted by molar-refractivity contribution is -0.131. The molecule has 26 heavy (non-hydrogen) atoms. The van der Waals surface area contributed by atoms with Gasteiger partial charge in [0.15, 0.2) is 0 Å². The summed E-state index contributed by atoms with van der Waals surface area (Å²) in [6, 6.07) is 6.48. The molecule has 1 aliphatic rings. The standard InChI is InChI=1S/C19H26FN5O/c1-2-25-18(21-15-22-25)14-23-9-4-10-24(12-11-23)19(26)8-7-16-5-3-6-17(20)13-16/h3,5-6,13,15H,2,4,7-12,14H2,1H3. The molecule has 2 aromatic rings. The minimum Gasteiger partial charge on any atom is -0.341 e. The summed E-state index contributed by atoms with van der Waals surface area (Å²) in [5, 5.41) is 4.21. The maximum Gasteiger partial charge on any atom is 0.222 e. The zero-order chi connectivity index (χ0) is 18.4. The molecule has 3 rings (SSSR count). The van der Waals surface area contributed by atoms with Crippen molar-refractivity contribution in [3.05, 3.63) is 47.8 Å². The van der Waals surface area contributed by atoms with E-state index >= 15 is 0 Å². The lowest BCUT2D eigenvalue weighted by atomic mass is 10.1. The summed E-state index contributed by atoms with van der Waals surface area (Å²) in [5.41, 5.74) is 0.869. The van der Waals surface area contributed by atoms with Gasteiger partial charge < -0.3 is 4.90 Å². The second-order valence-corrected chi connectivity index (χ2v) is 6.63. The van der Waals surface area contributed by atoms with E-state index in [1.165, 1.54) is 12.1 Å². The van der Waals surface area contributed by atoms with Gasteiger partial charge in [-0.3, -0.25) is 9.69 Å². The molecule has 0 bridgehead atoms. The third kappa shape index (κ3) is 4.88. The Morgan fingerprint density at radius 3 is 2.92 bits per heavy atom. The Hall–Kier alpha value is -2.28. The van der Waals surface area contributed by atoms with E-state index in [2.05, 4.69) is 21.9 Å². The van der Waals surface area contributed by atoms with Gasteiger partial charge in [-0.1, -0.05) is 12.1 Å². The smallest absolute Gasteiger partial charge is 0.222 e. The van der Waals surface area contributed by atoms with Crippen molar-refractivity contribution >= 4 is 5.91 Å². The monoisotopic (exact) mass is 359 g/mol. The molecule has 0 unspecified atom stereocenters. The SMILES string of the molecule is CCn1ncnc1CN1CCCN(C(=O)CCc2cccc(F)c2)CC1. The molecule has 140 valence electrons. The lowest BCUT2D eigenvalue weighted by Crippen LogP contribution is -2.35. The van der Waals surface area contributed by atoms with Crippen molar-refractivity contribution in [2.75, 3.05) is 26.2 Å². The van der Waals surface area contributed by atoms with Crippen LogP contribution in [0.4, 0.5) is 4.39 Å². The van der Waals surface area contributed by atoms with Gasteiger partial charge >= 0.3 is 0 Å². The van der Waals surface area contributed by atoms with Crippen molar-refractivity contribution in [1.82, 2.24) is 24.6 Å². The molecular weight excluding hydrogens is 333 g/mol. The number of carbonyl (C=O) groups is 1. The van der Waals surface area contributed by atoms with Crippen LogP contribution in [0, 0.1) is 5.82 Å². The maximum absolute atomic E-state index is 13.2. The summed E-state index contributed by atoms with van der Waals surface area (Å²) >= 11 is 0. The van der Waals surface area contributed by atoms with E-state index in [0.29, 0.717) is 12.8 Å². The molecule has 1 amide bonds. The van der Waals surface area contributed by atoms with Crippen LogP contribution < -0.4 is 0 Å². The number of nitrogens with zero attached hydrogens (tertiary/aromatic N) is 5. The number of aryl methyl sites for hydroxylation is 2. The molecule has 6 nitrogen and oxygen atoms in total. The molecular formula is C19H26FN5O. The van der Waals surface area contributed by atoms with Gasteiger partial charge in [-0.25, -0.2) is 14.1 Å². The van der Waals surface area contributed by atoms with Crippen LogP contribution in [0.25, 0.3) is 0 Å². The van der Waals surface area contributed by atoms with Crippen LogP contribution in [0.15, 0.2) is 30.6 Å². The van der Waals surface area contributed by atoms with E-state index < -0.39 is 0 Å². The first-order valence-corrected chi connectivity index (χ1v) is 9.27. The maximum atomic E-state index is 13.2. The number of aromatic nitrogens is 3. The van der Waals surface area contributed by atoms with E-state index in [0.717, 1.165) is 57.1 Å². The summed E-state index contributed by atoms with van der Waals surface area (Å²) in [7, 11) is 0. The van der Waals surface area contributed by atoms with Crippen LogP contribution in [0.1, 0.15) is 31.2 Å². The molecule has 7 heteroatoms. The summed E-state index contributed by atoms with van der Waals surface area (Å²) in [5.74, 6) is 0.867. The zero-order valence-corrected chi connectivity index (χ0v) is 15.3. The third-order valence-electron chi connectivity index (χ3n) is 4.82. The second-order valence-electron chi connectivity index (χ2n) is 6.63. The zero-order valence-electron chi connectivity index (χ0n) is 15.3. The highest BCUT2D eigenvalue weighted by atomic mass is 19.1. The van der Waals surface area contributed by atoms with Gasteiger partial charge in [-0.2, -0.15) is 5.10 Å². The fraction of sp³-hybridized carbons (Fsp3) is 0.526. The predicted molar refractivity (Wildman–Crippen MR) is 96.9 cm³/mol. The third-order valence-corrected chi connectivity index (χ3v) is 4.82. The van der Waals surface area contributed by atoms with Crippen molar-refractivity contribution in [2.24, 2.45) is 0 Å². The van der Waals surface area contributed by atoms with Crippen molar-refractivity contribution < 1.29 is 9.18 Å². The normalized spacial score (nSPS) is 15.8. The van der Waals surface area contributed by atoms with Crippen LogP contribution in [-0.2, 0) is 24.3 Å². The van der Waals surface area contributed by atoms with E-state index in [-0.39, 0.29) is 11.7 Å². The molecule has 1 aliphatic heterocycles. The molecule has 0 saturated carbocycles. The highest BCUT2D eigenvalue weighted by Crippen LogP contribution is 2.11. The second kappa shape index (κ2) is 8.89. The fourth-order valence-corrected chi connectivity index (χ4v) is 3.35. The van der Waals surface area contributed by atoms with E-state index in [9.17, 15) is 9.18 Å². The Bertz CT molecular complexity index is 732. The van der Waals surface area contributed by atoms with Crippen molar-refractivity contribution in [3.8, 4) is 0 Å². The van der Waals surface area contributed by atoms with E-state index in [1.54, 1.807) is 12.4 Å². The molecule has 0 atom stereocenters. The number of carbonyl (C=O) groups excluding carboxylic acids is 1. The first-order chi connectivity index (χ1) is 12.7. The summed E-state index contributed by atoms with van der Waals surface area (Å²) in [6.45, 7) is 6.92. The summed E-state index contributed by atoms with van der Waals surface area (Å²) in [4.78, 5) is 21.1. The minimum absolute atomic E-state index is 0.146. The van der Waals surface area contributed by atoms with Gasteiger partial charge in [0.25, 0.3) is 0 Å². The molecule has 1 aromatic carbocycles. The molecule has 0 aliphatic carbocycles. The Morgan fingerprint density at radius 2 is 2.12 bits per heavy atom. The van der Waals surface area contributed by atoms with Crippen LogP contribution in [-0.4, -0.2) is 56.7 Å². The summed E-state index contributed by atoms with van der Waals surface area (Å²) in [6.07, 6.45) is 3.55. The average Bonchev–Trinajstić information content (AvgIpc) is 2.95. The quantitative estimate of drug-likeness (QED) is 0.793. The highest BCUT2D eigenvalue weighted by Gasteiger charge is 2.20. The highest BCUT2D eigenvalue weighted by molar-refractivity contribution is 5.76. The number of benzene rings is 1. The van der Waals surface area contributed by atoms with Crippen LogP contribution in [0.2, 0.25) is 0 Å². The van der Waals surface area contributed by atoms with Crippen LogP contribution in [0.5, 0.6) is 0 Å². The Balaban J connectivity index is 1.49. The van der Waals surface area contributed by atoms with Gasteiger partial charge in [0, 0.05) is 39.1 Å². The molecule has 1 saturated heterocycles. The van der Waals surface area contributed by atoms with Crippen molar-refractivity contribution in [2.45, 2.75) is 39.3 Å². The van der Waals surface area contributed by atoms with Gasteiger partial charge in [-0.05, 0) is 37.5 Å². The van der Waals surface area contributed by atoms with Gasteiger partial charge in [-0.15, -0.1) is 0 Å². The number of halogens is 1. The Kier molecular flexibility index (Phi) is 6.33. The van der Waals surface area contributed by atoms with Gasteiger partial charge in [0.05, 0.1) is 6.54 Å². The molecule has 2 heterocycles. The molecule has 0 spiro atoms. The largest absolute Gasteiger partial charge is 0.341 e. The Labute approximate surface area is 153 Å². The molecule has 0 radical (unpaired) electrons. The number of hydrogen-bond acceptors (Lipinski definition) is 4. The topological polar surface area (TPSA) is 54.3 Å². The van der Waals surface area contributed by atoms with Crippen LogP contribution >= 0.6 is 0 Å². The minimum atomic E-state index is -0.250. The predicted octanol–water partition coefficient (Wildman–Crippen LogP) is 2.10. The molecule has 1 aromatic heterocycles. The average molecular weight is 359 g/mol. The van der Waals surface area contributed by atoms with Crippen LogP contribution in [0.3, 0.4) is 0 Å². The van der Waals surface area contributed by atoms with E-state index in [4.69, 9.17) is 0 Å². The van der Waals surface area contributed by atoms with Gasteiger partial charge in [0.2, 0.25) is 5.91 Å². The number of rotatable bonds is 6. The fourth-order valence-electron chi connectivity index (χ4n) is 3.35. The Morgan fingerprint density at radius 1 is 1.23 bits per heavy atom. The molecule has 1 fully saturated rings. The van der Waals surface area contributed by atoms with E-state index in [1.807, 2.05) is 15.6 Å². The number of hydrogen-bond donors (Lipinski definition) is 0. The first-order valence-electron chi connectivity index (χ1n) is 9.27. The molecule has 0 N–H and O–H groups in total. The lowest BCUT2D eigenvalue weighted by Gasteiger charge is -2.22.